The quantitative estimate of drug-likeness (QED) is 0.786. The number of carboxylic acids is 1. The molecule has 0 aromatic heterocycles. The number of nitrogens with one attached hydrogen (secondary N) is 1. The topological polar surface area (TPSA) is 75.6 Å². The van der Waals surface area contributed by atoms with Crippen LogP contribution in [0.1, 0.15) is 48.5 Å². The third-order valence-corrected chi connectivity index (χ3v) is 1.10. The number of carbonyl (C=O) groups excluding carboxylic acids is 1. The van der Waals surface area contributed by atoms with Gasteiger partial charge in [0.2, 0.25) is 0 Å². The first-order valence-corrected chi connectivity index (χ1v) is 5.68. The van der Waals surface area contributed by atoms with Gasteiger partial charge in [0, 0.05) is 0 Å². The summed E-state index contributed by atoms with van der Waals surface area (Å²) >= 11 is 0. The summed E-state index contributed by atoms with van der Waals surface area (Å²) in [6, 6.07) is -0.935. The average Bonchev–Trinajstić information content (AvgIpc) is 1.97. The van der Waals surface area contributed by atoms with E-state index in [1.54, 1.807) is 20.8 Å². The summed E-state index contributed by atoms with van der Waals surface area (Å²) in [6.07, 6.45) is -0.720. The second-order valence-electron chi connectivity index (χ2n) is 5.44. The largest absolute Gasteiger partial charge is 0.480 e. The maximum Gasteiger partial charge on any atom is 0.408 e. The van der Waals surface area contributed by atoms with Gasteiger partial charge in [-0.05, 0) is 33.6 Å². The summed E-state index contributed by atoms with van der Waals surface area (Å²) in [4.78, 5) is 21.3. The number of rotatable bonds is 2. The van der Waals surface area contributed by atoms with Gasteiger partial charge in [0.25, 0.3) is 0 Å². The Hall–Kier alpha value is -1.26. The number of ether oxygens (including phenoxy) is 1. The van der Waals surface area contributed by atoms with Crippen LogP contribution >= 0.6 is 0 Å². The maximum absolute atomic E-state index is 11.0. The summed E-state index contributed by atoms with van der Waals surface area (Å²) in [6.45, 7) is 13.0. The first-order valence-electron chi connectivity index (χ1n) is 5.68. The molecule has 17 heavy (non-hydrogen) atoms. The first kappa shape index (κ1) is 18.1. The molecule has 0 fully saturated rings. The van der Waals surface area contributed by atoms with E-state index in [1.165, 1.54) is 6.92 Å². The van der Waals surface area contributed by atoms with Gasteiger partial charge < -0.3 is 15.2 Å². The van der Waals surface area contributed by atoms with Crippen molar-refractivity contribution in [3.8, 4) is 0 Å². The predicted octanol–water partition coefficient (Wildman–Crippen LogP) is 2.65. The van der Waals surface area contributed by atoms with E-state index >= 15 is 0 Å². The molecule has 0 aliphatic rings. The van der Waals surface area contributed by atoms with E-state index in [4.69, 9.17) is 9.84 Å². The van der Waals surface area contributed by atoms with Crippen molar-refractivity contribution >= 4 is 12.1 Å². The fraction of sp³-hybridized carbons (Fsp3) is 0.833. The third-order valence-electron chi connectivity index (χ3n) is 1.10. The van der Waals surface area contributed by atoms with Crippen LogP contribution in [0.2, 0.25) is 0 Å². The Labute approximate surface area is 104 Å². The van der Waals surface area contributed by atoms with Gasteiger partial charge in [-0.3, -0.25) is 4.79 Å². The summed E-state index contributed by atoms with van der Waals surface area (Å²) in [5.74, 6) is -0.258. The van der Waals surface area contributed by atoms with E-state index in [2.05, 4.69) is 26.1 Å². The minimum atomic E-state index is -1.09. The van der Waals surface area contributed by atoms with Gasteiger partial charge >= 0.3 is 12.1 Å². The van der Waals surface area contributed by atoms with Crippen LogP contribution in [0, 0.1) is 5.92 Å². The molecule has 0 rings (SSSR count). The highest BCUT2D eigenvalue weighted by Gasteiger charge is 2.20. The molecule has 0 aromatic rings. The number of carboxylic acid groups (broad SMARTS) is 1. The highest BCUT2D eigenvalue weighted by atomic mass is 16.6. The van der Waals surface area contributed by atoms with Crippen molar-refractivity contribution in [2.24, 2.45) is 5.92 Å². The zero-order chi connectivity index (χ0) is 14.2. The summed E-state index contributed by atoms with van der Waals surface area (Å²) < 4.78 is 4.85. The van der Waals surface area contributed by atoms with Crippen molar-refractivity contribution in [1.29, 1.82) is 0 Å². The summed E-state index contributed by atoms with van der Waals surface area (Å²) in [5, 5.41) is 10.6. The van der Waals surface area contributed by atoms with Crippen LogP contribution in [-0.2, 0) is 9.53 Å². The van der Waals surface area contributed by atoms with Crippen molar-refractivity contribution in [1.82, 2.24) is 5.32 Å². The maximum atomic E-state index is 11.0. The molecular formula is C12H25NO4. The molecule has 5 heteroatoms. The molecule has 5 nitrogen and oxygen atoms in total. The van der Waals surface area contributed by atoms with Gasteiger partial charge in [0.05, 0.1) is 0 Å². The van der Waals surface area contributed by atoms with Crippen LogP contribution < -0.4 is 5.32 Å². The van der Waals surface area contributed by atoms with Gasteiger partial charge in [-0.2, -0.15) is 0 Å². The molecule has 0 bridgehead atoms. The van der Waals surface area contributed by atoms with Gasteiger partial charge in [-0.25, -0.2) is 4.79 Å². The van der Waals surface area contributed by atoms with Crippen LogP contribution in [0.5, 0.6) is 0 Å². The Morgan fingerprint density at radius 3 is 1.71 bits per heavy atom. The molecule has 0 radical (unpaired) electrons. The normalized spacial score (nSPS) is 12.2. The van der Waals surface area contributed by atoms with Gasteiger partial charge in [-0.15, -0.1) is 0 Å². The molecule has 1 atom stereocenters. The number of hydrogen-bond donors (Lipinski definition) is 2. The molecule has 0 aliphatic carbocycles. The van der Waals surface area contributed by atoms with E-state index in [1.807, 2.05) is 0 Å². The Morgan fingerprint density at radius 1 is 1.12 bits per heavy atom. The van der Waals surface area contributed by atoms with Crippen LogP contribution in [-0.4, -0.2) is 28.8 Å². The van der Waals surface area contributed by atoms with Gasteiger partial charge in [-0.1, -0.05) is 20.8 Å². The zero-order valence-electron chi connectivity index (χ0n) is 11.8. The standard InChI is InChI=1S/C8H15NO4.C4H10/c1-5(6(10)11)9-7(12)13-8(2,3)4;1-4(2)3/h5H,1-4H3,(H,9,12)(H,10,11);4H,1-3H3. The van der Waals surface area contributed by atoms with Crippen molar-refractivity contribution < 1.29 is 19.4 Å². The van der Waals surface area contributed by atoms with E-state index in [0.717, 1.165) is 5.92 Å². The Morgan fingerprint density at radius 2 is 1.47 bits per heavy atom. The van der Waals surface area contributed by atoms with Crippen molar-refractivity contribution in [3.05, 3.63) is 0 Å². The molecular weight excluding hydrogens is 222 g/mol. The smallest absolute Gasteiger partial charge is 0.408 e. The summed E-state index contributed by atoms with van der Waals surface area (Å²) in [7, 11) is 0. The fourth-order valence-electron chi connectivity index (χ4n) is 0.546. The molecule has 0 saturated heterocycles. The van der Waals surface area contributed by atoms with Gasteiger partial charge in [0.1, 0.15) is 11.6 Å². The second-order valence-corrected chi connectivity index (χ2v) is 5.44. The first-order chi connectivity index (χ1) is 7.45. The number of hydrogen-bond acceptors (Lipinski definition) is 3. The Kier molecular flexibility index (Phi) is 8.44. The van der Waals surface area contributed by atoms with Crippen LogP contribution in [0.25, 0.3) is 0 Å². The molecule has 2 N–H and O–H groups in total. The molecule has 0 aliphatic heterocycles. The van der Waals surface area contributed by atoms with E-state index in [0.29, 0.717) is 0 Å². The molecule has 0 spiro atoms. The lowest BCUT2D eigenvalue weighted by atomic mass is 10.2. The highest BCUT2D eigenvalue weighted by Crippen LogP contribution is 2.06. The zero-order valence-corrected chi connectivity index (χ0v) is 11.8. The lowest BCUT2D eigenvalue weighted by Gasteiger charge is -2.20. The van der Waals surface area contributed by atoms with Crippen LogP contribution in [0.3, 0.4) is 0 Å². The molecule has 1 amide bonds. The molecule has 0 saturated carbocycles. The van der Waals surface area contributed by atoms with Gasteiger partial charge in [0.15, 0.2) is 0 Å². The van der Waals surface area contributed by atoms with Crippen molar-refractivity contribution in [2.45, 2.75) is 60.1 Å². The Balaban J connectivity index is 0. The lowest BCUT2D eigenvalue weighted by Crippen LogP contribution is -2.41. The molecule has 0 heterocycles. The van der Waals surface area contributed by atoms with E-state index in [-0.39, 0.29) is 0 Å². The number of carbonyl (C=O) groups is 2. The average molecular weight is 247 g/mol. The third kappa shape index (κ3) is 17.4. The molecule has 0 aromatic carbocycles. The van der Waals surface area contributed by atoms with Crippen LogP contribution in [0.4, 0.5) is 4.79 Å². The number of alkyl carbamates (subject to hydrolysis) is 1. The van der Waals surface area contributed by atoms with E-state index < -0.39 is 23.7 Å². The second kappa shape index (κ2) is 7.92. The SMILES string of the molecule is CC(C)C.CC(NC(=O)OC(C)(C)C)C(=O)O. The summed E-state index contributed by atoms with van der Waals surface area (Å²) in [5.41, 5.74) is -0.609. The van der Waals surface area contributed by atoms with Crippen LogP contribution in [0.15, 0.2) is 0 Å². The Bertz CT molecular complexity index is 241. The highest BCUT2D eigenvalue weighted by molar-refractivity contribution is 5.79. The lowest BCUT2D eigenvalue weighted by molar-refractivity contribution is -0.139. The van der Waals surface area contributed by atoms with E-state index in [9.17, 15) is 9.59 Å². The fourth-order valence-corrected chi connectivity index (χ4v) is 0.546. The number of amides is 1. The minimum absolute atomic E-state index is 0.609. The number of aliphatic carboxylic acids is 1. The minimum Gasteiger partial charge on any atom is -0.480 e. The molecule has 102 valence electrons. The molecule has 1 unspecified atom stereocenters. The monoisotopic (exact) mass is 247 g/mol. The van der Waals surface area contributed by atoms with Crippen molar-refractivity contribution in [3.63, 3.8) is 0 Å². The predicted molar refractivity (Wildman–Crippen MR) is 67.0 cm³/mol. The van der Waals surface area contributed by atoms with Crippen molar-refractivity contribution in [2.75, 3.05) is 0 Å².